The van der Waals surface area contributed by atoms with Crippen molar-refractivity contribution < 1.29 is 27.3 Å². The lowest BCUT2D eigenvalue weighted by Crippen LogP contribution is -2.50. The summed E-state index contributed by atoms with van der Waals surface area (Å²) in [4.78, 5) is 25.9. The fourth-order valence-corrected chi connectivity index (χ4v) is 5.47. The minimum Gasteiger partial charge on any atom is -0.482 e. The summed E-state index contributed by atoms with van der Waals surface area (Å²) in [5, 5.41) is 3.23. The lowest BCUT2D eigenvalue weighted by molar-refractivity contribution is 0.0803. The second kappa shape index (κ2) is 10.0. The standard InChI is InChI=1S/C22H24ClF2N5O4S/c1-12-18-14(30(3)19(28-18)20(31)29-22(2)4-6-35(32)7-5-22)9-17(27-12)34-21-15(33-11-16(24)25)8-13(23)10-26-21/h8-10,16H,4-7,11H2,1-3H3,(H,29,31). The Morgan fingerprint density at radius 2 is 2.03 bits per heavy atom. The third kappa shape index (κ3) is 5.69. The van der Waals surface area contributed by atoms with Crippen molar-refractivity contribution in [1.82, 2.24) is 24.8 Å². The van der Waals surface area contributed by atoms with Crippen LogP contribution in [0.3, 0.4) is 0 Å². The molecule has 1 amide bonds. The molecule has 0 radical (unpaired) electrons. The molecule has 1 N–H and O–H groups in total. The molecule has 4 rings (SSSR count). The molecular weight excluding hydrogens is 504 g/mol. The van der Waals surface area contributed by atoms with Crippen LogP contribution in [0.4, 0.5) is 8.78 Å². The van der Waals surface area contributed by atoms with Gasteiger partial charge in [0.05, 0.1) is 16.2 Å². The van der Waals surface area contributed by atoms with Crippen molar-refractivity contribution in [3.05, 3.63) is 34.9 Å². The highest BCUT2D eigenvalue weighted by Gasteiger charge is 2.32. The largest absolute Gasteiger partial charge is 0.482 e. The molecule has 3 aromatic heterocycles. The highest BCUT2D eigenvalue weighted by Crippen LogP contribution is 2.33. The number of pyridine rings is 2. The van der Waals surface area contributed by atoms with Gasteiger partial charge in [0.15, 0.2) is 11.6 Å². The zero-order valence-electron chi connectivity index (χ0n) is 19.3. The zero-order chi connectivity index (χ0) is 25.3. The minimum atomic E-state index is -2.68. The first-order chi connectivity index (χ1) is 16.5. The minimum absolute atomic E-state index is 0.0518. The first-order valence-corrected chi connectivity index (χ1v) is 12.7. The van der Waals surface area contributed by atoms with E-state index in [1.165, 1.54) is 12.3 Å². The number of aryl methyl sites for hydroxylation is 2. The normalized spacial score (nSPS) is 20.3. The molecule has 0 unspecified atom stereocenters. The van der Waals surface area contributed by atoms with Gasteiger partial charge in [0.1, 0.15) is 12.1 Å². The van der Waals surface area contributed by atoms with Gasteiger partial charge in [-0.1, -0.05) is 11.6 Å². The Hall–Kier alpha value is -2.86. The third-order valence-corrected chi connectivity index (χ3v) is 7.28. The van der Waals surface area contributed by atoms with Gasteiger partial charge in [-0.15, -0.1) is 0 Å². The van der Waals surface area contributed by atoms with Crippen LogP contribution in [0.15, 0.2) is 18.3 Å². The third-order valence-electron chi connectivity index (χ3n) is 5.75. The van der Waals surface area contributed by atoms with E-state index in [1.807, 2.05) is 6.92 Å². The molecule has 0 aliphatic carbocycles. The number of carbonyl (C=O) groups excluding carboxylic acids is 1. The van der Waals surface area contributed by atoms with Crippen molar-refractivity contribution in [3.8, 4) is 17.5 Å². The summed E-state index contributed by atoms with van der Waals surface area (Å²) in [6.45, 7) is 2.81. The van der Waals surface area contributed by atoms with Crippen LogP contribution in [0.2, 0.25) is 5.02 Å². The molecule has 13 heteroatoms. The topological polar surface area (TPSA) is 108 Å². The zero-order valence-corrected chi connectivity index (χ0v) is 20.9. The molecule has 0 bridgehead atoms. The number of imidazole rings is 1. The van der Waals surface area contributed by atoms with Crippen molar-refractivity contribution >= 4 is 39.3 Å². The van der Waals surface area contributed by atoms with Crippen LogP contribution in [0.1, 0.15) is 36.1 Å². The molecule has 188 valence electrons. The number of halogens is 3. The Kier molecular flexibility index (Phi) is 7.22. The molecule has 0 spiro atoms. The Morgan fingerprint density at radius 1 is 1.31 bits per heavy atom. The molecular formula is C22H24ClF2N5O4S. The van der Waals surface area contributed by atoms with Gasteiger partial charge in [-0.05, 0) is 26.7 Å². The first-order valence-electron chi connectivity index (χ1n) is 10.8. The van der Waals surface area contributed by atoms with E-state index in [0.29, 0.717) is 41.1 Å². The molecule has 9 nitrogen and oxygen atoms in total. The van der Waals surface area contributed by atoms with E-state index in [1.54, 1.807) is 24.6 Å². The quantitative estimate of drug-likeness (QED) is 0.498. The van der Waals surface area contributed by atoms with E-state index in [0.717, 1.165) is 0 Å². The molecule has 3 aromatic rings. The van der Waals surface area contributed by atoms with Crippen molar-refractivity contribution in [2.45, 2.75) is 38.7 Å². The van der Waals surface area contributed by atoms with E-state index in [4.69, 9.17) is 21.1 Å². The van der Waals surface area contributed by atoms with Gasteiger partial charge in [0.25, 0.3) is 18.2 Å². The predicted molar refractivity (Wildman–Crippen MR) is 127 cm³/mol. The van der Waals surface area contributed by atoms with Gasteiger partial charge >= 0.3 is 0 Å². The summed E-state index contributed by atoms with van der Waals surface area (Å²) in [7, 11) is 0.852. The Bertz CT molecular complexity index is 1290. The number of alkyl halides is 2. The van der Waals surface area contributed by atoms with Crippen LogP contribution in [-0.2, 0) is 17.8 Å². The summed E-state index contributed by atoms with van der Waals surface area (Å²) in [5.74, 6) is 0.926. The Labute approximate surface area is 207 Å². The molecule has 1 fully saturated rings. The number of carbonyl (C=O) groups is 1. The molecule has 1 aliphatic heterocycles. The van der Waals surface area contributed by atoms with Crippen LogP contribution in [0, 0.1) is 6.92 Å². The smallest absolute Gasteiger partial charge is 0.287 e. The number of nitrogens with zero attached hydrogens (tertiary/aromatic N) is 4. The van der Waals surface area contributed by atoms with Gasteiger partial charge in [0.2, 0.25) is 5.88 Å². The Balaban J connectivity index is 1.61. The van der Waals surface area contributed by atoms with Crippen LogP contribution in [0.25, 0.3) is 11.0 Å². The summed E-state index contributed by atoms with van der Waals surface area (Å²) in [6, 6.07) is 2.90. The van der Waals surface area contributed by atoms with Gasteiger partial charge in [0, 0.05) is 53.2 Å². The fourth-order valence-electron chi connectivity index (χ4n) is 3.77. The molecule has 0 aromatic carbocycles. The van der Waals surface area contributed by atoms with Crippen molar-refractivity contribution in [3.63, 3.8) is 0 Å². The number of amides is 1. The Morgan fingerprint density at radius 3 is 2.71 bits per heavy atom. The molecule has 1 aliphatic rings. The molecule has 35 heavy (non-hydrogen) atoms. The second-order valence-electron chi connectivity index (χ2n) is 8.53. The van der Waals surface area contributed by atoms with E-state index in [-0.39, 0.29) is 34.3 Å². The number of rotatable bonds is 7. The summed E-state index contributed by atoms with van der Waals surface area (Å²) < 4.78 is 49.4. The van der Waals surface area contributed by atoms with E-state index < -0.39 is 29.4 Å². The average molecular weight is 528 g/mol. The maximum atomic E-state index is 13.1. The second-order valence-corrected chi connectivity index (χ2v) is 10.7. The summed E-state index contributed by atoms with van der Waals surface area (Å²) in [6.07, 6.45) is -0.142. The van der Waals surface area contributed by atoms with Crippen LogP contribution < -0.4 is 14.8 Å². The maximum Gasteiger partial charge on any atom is 0.287 e. The van der Waals surface area contributed by atoms with Crippen LogP contribution in [-0.4, -0.2) is 59.7 Å². The average Bonchev–Trinajstić information content (AvgIpc) is 3.13. The number of fused-ring (bicyclic) bond motifs is 1. The molecule has 1 saturated heterocycles. The highest BCUT2D eigenvalue weighted by atomic mass is 35.5. The SMILES string of the molecule is Cc1nc(Oc2ncc(Cl)cc2OCC(F)F)cc2c1nc(C(=O)NC1(C)CCS(=O)CC1)n2C. The van der Waals surface area contributed by atoms with Crippen molar-refractivity contribution in [2.75, 3.05) is 18.1 Å². The van der Waals surface area contributed by atoms with E-state index in [2.05, 4.69) is 20.3 Å². The first kappa shape index (κ1) is 25.2. The van der Waals surface area contributed by atoms with E-state index in [9.17, 15) is 17.8 Å². The lowest BCUT2D eigenvalue weighted by Gasteiger charge is -2.33. The van der Waals surface area contributed by atoms with Crippen LogP contribution >= 0.6 is 11.6 Å². The summed E-state index contributed by atoms with van der Waals surface area (Å²) in [5.41, 5.74) is 1.13. The van der Waals surface area contributed by atoms with Crippen molar-refractivity contribution in [2.24, 2.45) is 7.05 Å². The lowest BCUT2D eigenvalue weighted by atomic mass is 9.95. The monoisotopic (exact) mass is 527 g/mol. The number of nitrogens with one attached hydrogen (secondary N) is 1. The van der Waals surface area contributed by atoms with Gasteiger partial charge < -0.3 is 19.4 Å². The molecule has 0 atom stereocenters. The molecule has 0 saturated carbocycles. The van der Waals surface area contributed by atoms with Gasteiger partial charge in [-0.3, -0.25) is 9.00 Å². The number of aromatic nitrogens is 4. The number of hydrogen-bond donors (Lipinski definition) is 1. The van der Waals surface area contributed by atoms with Crippen LogP contribution in [0.5, 0.6) is 17.5 Å². The van der Waals surface area contributed by atoms with Gasteiger partial charge in [-0.2, -0.15) is 0 Å². The fraction of sp³-hybridized carbons (Fsp3) is 0.455. The highest BCUT2D eigenvalue weighted by molar-refractivity contribution is 7.85. The van der Waals surface area contributed by atoms with Gasteiger partial charge in [-0.25, -0.2) is 23.7 Å². The number of hydrogen-bond acceptors (Lipinski definition) is 7. The number of ether oxygens (including phenoxy) is 2. The molecule has 4 heterocycles. The van der Waals surface area contributed by atoms with Crippen molar-refractivity contribution in [1.29, 1.82) is 0 Å². The predicted octanol–water partition coefficient (Wildman–Crippen LogP) is 3.79. The summed E-state index contributed by atoms with van der Waals surface area (Å²) >= 11 is 5.91. The maximum absolute atomic E-state index is 13.1. The van der Waals surface area contributed by atoms with E-state index >= 15 is 0 Å².